The third kappa shape index (κ3) is 3.86. The Labute approximate surface area is 176 Å². The van der Waals surface area contributed by atoms with Crippen LogP contribution in [0.1, 0.15) is 0 Å². The number of thiocarbonyl (C=S) groups is 1. The second-order valence-corrected chi connectivity index (χ2v) is 7.01. The highest BCUT2D eigenvalue weighted by atomic mass is 32.1. The van der Waals surface area contributed by atoms with Gasteiger partial charge >= 0.3 is 0 Å². The third-order valence-electron chi connectivity index (χ3n) is 4.40. The SMILES string of the molecule is O=[N+]([O-])c1ccc(-c2c[nH]c(=S)n2NC(=S)Nc2cccc3ccccc23)cc1. The van der Waals surface area contributed by atoms with Crippen molar-refractivity contribution in [3.05, 3.63) is 87.8 Å². The molecule has 3 N–H and O–H groups in total. The largest absolute Gasteiger partial charge is 0.335 e. The summed E-state index contributed by atoms with van der Waals surface area (Å²) >= 11 is 10.8. The smallest absolute Gasteiger partial charge is 0.269 e. The fraction of sp³-hybridized carbons (Fsp3) is 0. The first-order valence-electron chi connectivity index (χ1n) is 8.64. The molecule has 9 heteroatoms. The molecular formula is C20H15N5O2S2. The predicted octanol–water partition coefficient (Wildman–Crippen LogP) is 5.21. The molecule has 0 aliphatic heterocycles. The minimum atomic E-state index is -0.436. The summed E-state index contributed by atoms with van der Waals surface area (Å²) in [6, 6.07) is 20.2. The quantitative estimate of drug-likeness (QED) is 0.238. The summed E-state index contributed by atoms with van der Waals surface area (Å²) in [6.45, 7) is 0. The van der Waals surface area contributed by atoms with Crippen LogP contribution < -0.4 is 10.7 Å². The van der Waals surface area contributed by atoms with Crippen LogP contribution in [0.5, 0.6) is 0 Å². The van der Waals surface area contributed by atoms with Gasteiger partial charge in [0.2, 0.25) is 0 Å². The van der Waals surface area contributed by atoms with Crippen LogP contribution >= 0.6 is 24.4 Å². The van der Waals surface area contributed by atoms with Gasteiger partial charge in [0, 0.05) is 35.0 Å². The Balaban J connectivity index is 1.60. The second-order valence-electron chi connectivity index (χ2n) is 6.21. The molecule has 0 atom stereocenters. The number of anilines is 1. The van der Waals surface area contributed by atoms with E-state index in [0.29, 0.717) is 15.6 Å². The highest BCUT2D eigenvalue weighted by Gasteiger charge is 2.11. The van der Waals surface area contributed by atoms with Crippen molar-refractivity contribution in [2.24, 2.45) is 0 Å². The average molecular weight is 422 g/mol. The van der Waals surface area contributed by atoms with E-state index in [-0.39, 0.29) is 5.69 Å². The van der Waals surface area contributed by atoms with Gasteiger partial charge < -0.3 is 10.3 Å². The van der Waals surface area contributed by atoms with Crippen molar-refractivity contribution in [3.8, 4) is 11.3 Å². The summed E-state index contributed by atoms with van der Waals surface area (Å²) in [7, 11) is 0. The van der Waals surface area contributed by atoms with Crippen molar-refractivity contribution in [1.29, 1.82) is 0 Å². The Morgan fingerprint density at radius 3 is 2.52 bits per heavy atom. The first kappa shape index (κ1) is 18.8. The summed E-state index contributed by atoms with van der Waals surface area (Å²) in [6.07, 6.45) is 1.72. The number of nitro benzene ring substituents is 1. The maximum atomic E-state index is 10.9. The molecule has 4 rings (SSSR count). The number of fused-ring (bicyclic) bond motifs is 1. The van der Waals surface area contributed by atoms with Gasteiger partial charge in [0.25, 0.3) is 5.69 Å². The van der Waals surface area contributed by atoms with Gasteiger partial charge in [0.05, 0.1) is 10.6 Å². The lowest BCUT2D eigenvalue weighted by Gasteiger charge is -2.15. The van der Waals surface area contributed by atoms with Gasteiger partial charge in [-0.15, -0.1) is 0 Å². The predicted molar refractivity (Wildman–Crippen MR) is 121 cm³/mol. The standard InChI is InChI=1S/C20H15N5O2S2/c26-25(27)15-10-8-14(9-11-15)18-12-21-20(29)24(18)23-19(28)22-17-7-3-5-13-4-1-2-6-16(13)17/h1-12H,(H,21,29)(H2,22,23,28). The third-order valence-corrected chi connectivity index (χ3v) is 4.90. The molecule has 0 bridgehead atoms. The van der Waals surface area contributed by atoms with E-state index < -0.39 is 4.92 Å². The van der Waals surface area contributed by atoms with Crippen molar-refractivity contribution in [1.82, 2.24) is 9.66 Å². The van der Waals surface area contributed by atoms with Crippen LogP contribution in [0.2, 0.25) is 0 Å². The van der Waals surface area contributed by atoms with E-state index in [1.807, 2.05) is 42.5 Å². The number of aromatic nitrogens is 2. The fourth-order valence-corrected chi connectivity index (χ4v) is 3.44. The van der Waals surface area contributed by atoms with Crippen molar-refractivity contribution in [2.75, 3.05) is 10.7 Å². The summed E-state index contributed by atoms with van der Waals surface area (Å²) in [5.74, 6) is 0. The molecule has 0 aliphatic carbocycles. The summed E-state index contributed by atoms with van der Waals surface area (Å²) < 4.78 is 2.04. The summed E-state index contributed by atoms with van der Waals surface area (Å²) in [5.41, 5.74) is 5.43. The number of H-pyrrole nitrogens is 1. The summed E-state index contributed by atoms with van der Waals surface area (Å²) in [4.78, 5) is 13.4. The van der Waals surface area contributed by atoms with E-state index >= 15 is 0 Å². The molecule has 4 aromatic rings. The van der Waals surface area contributed by atoms with E-state index in [9.17, 15) is 10.1 Å². The molecule has 0 amide bonds. The molecular weight excluding hydrogens is 406 g/mol. The van der Waals surface area contributed by atoms with Gasteiger partial charge in [0.1, 0.15) is 0 Å². The number of nitrogens with zero attached hydrogens (tertiary/aromatic N) is 2. The maximum Gasteiger partial charge on any atom is 0.269 e. The zero-order valence-corrected chi connectivity index (χ0v) is 16.6. The zero-order chi connectivity index (χ0) is 20.4. The van der Waals surface area contributed by atoms with Gasteiger partial charge in [-0.3, -0.25) is 15.5 Å². The van der Waals surface area contributed by atoms with Crippen molar-refractivity contribution < 1.29 is 4.92 Å². The molecule has 29 heavy (non-hydrogen) atoms. The van der Waals surface area contributed by atoms with Crippen molar-refractivity contribution in [3.63, 3.8) is 0 Å². The van der Waals surface area contributed by atoms with Crippen LogP contribution in [-0.2, 0) is 0 Å². The number of benzene rings is 3. The molecule has 1 heterocycles. The highest BCUT2D eigenvalue weighted by molar-refractivity contribution is 7.80. The Hall–Kier alpha value is -3.56. The van der Waals surface area contributed by atoms with Gasteiger partial charge in [0.15, 0.2) is 9.88 Å². The summed E-state index contributed by atoms with van der Waals surface area (Å²) in [5, 5.41) is 16.6. The van der Waals surface area contributed by atoms with Crippen LogP contribution in [0.25, 0.3) is 22.0 Å². The number of nitro groups is 1. The molecule has 0 unspecified atom stereocenters. The molecule has 0 radical (unpaired) electrons. The van der Waals surface area contributed by atoms with Gasteiger partial charge in [-0.1, -0.05) is 36.4 Å². The number of aromatic amines is 1. The number of hydrogen-bond donors (Lipinski definition) is 3. The maximum absolute atomic E-state index is 10.9. The molecule has 0 saturated carbocycles. The van der Waals surface area contributed by atoms with E-state index in [1.54, 1.807) is 23.0 Å². The highest BCUT2D eigenvalue weighted by Crippen LogP contribution is 2.24. The van der Waals surface area contributed by atoms with E-state index in [0.717, 1.165) is 22.0 Å². The van der Waals surface area contributed by atoms with Crippen LogP contribution in [-0.4, -0.2) is 19.7 Å². The van der Waals surface area contributed by atoms with Crippen molar-refractivity contribution in [2.45, 2.75) is 0 Å². The van der Waals surface area contributed by atoms with Crippen LogP contribution in [0, 0.1) is 14.9 Å². The van der Waals surface area contributed by atoms with E-state index in [2.05, 4.69) is 15.7 Å². The number of imidazole rings is 1. The Bertz CT molecular complexity index is 1270. The molecule has 7 nitrogen and oxygen atoms in total. The topological polar surface area (TPSA) is 87.9 Å². The second kappa shape index (κ2) is 7.82. The van der Waals surface area contributed by atoms with Crippen LogP contribution in [0.3, 0.4) is 0 Å². The fourth-order valence-electron chi connectivity index (χ4n) is 3.03. The molecule has 3 aromatic carbocycles. The lowest BCUT2D eigenvalue weighted by Crippen LogP contribution is -2.28. The monoisotopic (exact) mass is 421 g/mol. The Morgan fingerprint density at radius 2 is 1.76 bits per heavy atom. The molecule has 0 saturated heterocycles. The number of hydrogen-bond acceptors (Lipinski definition) is 4. The average Bonchev–Trinajstić information content (AvgIpc) is 3.08. The first-order valence-corrected chi connectivity index (χ1v) is 9.45. The first-order chi connectivity index (χ1) is 14.0. The zero-order valence-electron chi connectivity index (χ0n) is 15.0. The molecule has 0 spiro atoms. The van der Waals surface area contributed by atoms with Gasteiger partial charge in [-0.05, 0) is 48.0 Å². The van der Waals surface area contributed by atoms with E-state index in [1.165, 1.54) is 12.1 Å². The molecule has 1 aromatic heterocycles. The van der Waals surface area contributed by atoms with Crippen molar-refractivity contribution >= 4 is 51.7 Å². The number of nitrogens with one attached hydrogen (secondary N) is 3. The Morgan fingerprint density at radius 1 is 1.03 bits per heavy atom. The number of rotatable bonds is 4. The number of non-ortho nitro benzene ring substituents is 1. The van der Waals surface area contributed by atoms with Crippen LogP contribution in [0.4, 0.5) is 11.4 Å². The molecule has 0 fully saturated rings. The lowest BCUT2D eigenvalue weighted by atomic mass is 10.1. The van der Waals surface area contributed by atoms with Gasteiger partial charge in [-0.25, -0.2) is 4.68 Å². The Kier molecular flexibility index (Phi) is 5.07. The minimum Gasteiger partial charge on any atom is -0.335 e. The normalized spacial score (nSPS) is 10.6. The van der Waals surface area contributed by atoms with E-state index in [4.69, 9.17) is 24.4 Å². The molecule has 0 aliphatic rings. The van der Waals surface area contributed by atoms with Crippen LogP contribution in [0.15, 0.2) is 72.9 Å². The van der Waals surface area contributed by atoms with Gasteiger partial charge in [-0.2, -0.15) is 0 Å². The molecule has 144 valence electrons. The minimum absolute atomic E-state index is 0.0236. The lowest BCUT2D eigenvalue weighted by molar-refractivity contribution is -0.384.